The molecule has 0 aromatic carbocycles. The normalized spacial score (nSPS) is 5.05. The van der Waals surface area contributed by atoms with E-state index in [-0.39, 0.29) is 51.6 Å². The third-order valence-corrected chi connectivity index (χ3v) is 0. The standard InChI is InChI=1S/4CH2O3.2Mg.H2O/c4*2-1(3)4;;;/h4*(H2,2,3,4);;;1H2/q;;;;2*+2;/p-4. The predicted molar refractivity (Wildman–Crippen MR) is 47.2 cm³/mol. The second-order valence-electron chi connectivity index (χ2n) is 1.06. The zero-order valence-corrected chi connectivity index (χ0v) is 11.8. The van der Waals surface area contributed by atoms with Crippen molar-refractivity contribution in [3.8, 4) is 0 Å². The van der Waals surface area contributed by atoms with Crippen LogP contribution in [0.1, 0.15) is 0 Å². The van der Waals surface area contributed by atoms with Gasteiger partial charge in [-0.3, -0.25) is 0 Å². The molecule has 0 aromatic rings. The Bertz CT molecular complexity index is 163. The number of rotatable bonds is 0. The van der Waals surface area contributed by atoms with Gasteiger partial charge in [0, 0.05) is 0 Å². The quantitative estimate of drug-likeness (QED) is 0.304. The molecule has 6 N–H and O–H groups in total. The fourth-order valence-electron chi connectivity index (χ4n) is 0. The summed E-state index contributed by atoms with van der Waals surface area (Å²) in [6.45, 7) is 0. The molecule has 0 atom stereocenters. The molecule has 0 aromatic heterocycles. The Morgan fingerprint density at radius 2 is 0.526 bits per heavy atom. The van der Waals surface area contributed by atoms with Crippen LogP contribution in [0, 0.1) is 0 Å². The van der Waals surface area contributed by atoms with Gasteiger partial charge in [0.15, 0.2) is 0 Å². The van der Waals surface area contributed by atoms with E-state index in [0.29, 0.717) is 0 Å². The fourth-order valence-corrected chi connectivity index (χ4v) is 0. The second kappa shape index (κ2) is 36.0. The first-order chi connectivity index (χ1) is 6.93. The van der Waals surface area contributed by atoms with Crippen LogP contribution in [0.5, 0.6) is 0 Å². The Morgan fingerprint density at radius 3 is 0.526 bits per heavy atom. The minimum atomic E-state index is -2.08. The van der Waals surface area contributed by atoms with E-state index in [9.17, 15) is 0 Å². The molecule has 0 bridgehead atoms. The third-order valence-electron chi connectivity index (χ3n) is 0. The number of carboxylic acid groups (broad SMARTS) is 8. The molecule has 0 unspecified atom stereocenters. The molecule has 0 rings (SSSR count). The molecule has 13 nitrogen and oxygen atoms in total. The summed E-state index contributed by atoms with van der Waals surface area (Å²) in [5.41, 5.74) is 0. The molecule has 0 amide bonds. The van der Waals surface area contributed by atoms with Crippen LogP contribution in [0.15, 0.2) is 0 Å². The van der Waals surface area contributed by atoms with Crippen molar-refractivity contribution in [3.05, 3.63) is 0 Å². The van der Waals surface area contributed by atoms with Crippen LogP contribution in [0.3, 0.4) is 0 Å². The molecule has 0 heterocycles. The van der Waals surface area contributed by atoms with E-state index < -0.39 is 24.6 Å². The minimum absolute atomic E-state index is 0. The molecule has 0 saturated heterocycles. The summed E-state index contributed by atoms with van der Waals surface area (Å²) in [6.07, 6.45) is -8.33. The van der Waals surface area contributed by atoms with Crippen LogP contribution in [0.2, 0.25) is 0 Å². The SMILES string of the molecule is O.O=C([O-])O.O=C([O-])O.O=C([O-])O.O=C([O-])O.[Mg+2].[Mg+2]. The fraction of sp³-hybridized carbons (Fsp3) is 0. The van der Waals surface area contributed by atoms with Crippen LogP contribution in [0.4, 0.5) is 19.2 Å². The van der Waals surface area contributed by atoms with Gasteiger partial charge in [-0.15, -0.1) is 0 Å². The minimum Gasteiger partial charge on any atom is -0.565 e. The Kier molecular flexibility index (Phi) is 81.7. The van der Waals surface area contributed by atoms with E-state index in [1.54, 1.807) is 0 Å². The van der Waals surface area contributed by atoms with E-state index in [1.165, 1.54) is 0 Å². The summed E-state index contributed by atoms with van der Waals surface area (Å²) < 4.78 is 0. The van der Waals surface area contributed by atoms with Crippen LogP contribution in [-0.4, -0.2) is 96.6 Å². The molecule has 0 saturated carbocycles. The van der Waals surface area contributed by atoms with Gasteiger partial charge in [-0.05, 0) is 0 Å². The molecule has 15 heteroatoms. The van der Waals surface area contributed by atoms with Crippen LogP contribution in [-0.2, 0) is 0 Å². The summed E-state index contributed by atoms with van der Waals surface area (Å²) in [5, 5.41) is 61.2. The molecule has 104 valence electrons. The van der Waals surface area contributed by atoms with Crippen LogP contribution >= 0.6 is 0 Å². The Morgan fingerprint density at radius 1 is 0.526 bits per heavy atom. The van der Waals surface area contributed by atoms with Gasteiger partial charge in [-0.1, -0.05) is 0 Å². The molecular weight excluding hydrogens is 305 g/mol. The molecule has 0 fully saturated rings. The summed E-state index contributed by atoms with van der Waals surface area (Å²) in [7, 11) is 0. The first-order valence-corrected chi connectivity index (χ1v) is 2.53. The molecule has 19 heavy (non-hydrogen) atoms. The molecule has 0 radical (unpaired) electrons. The van der Waals surface area contributed by atoms with Crippen LogP contribution in [0.25, 0.3) is 0 Å². The summed E-state index contributed by atoms with van der Waals surface area (Å²) in [5.74, 6) is 0. The number of carbonyl (C=O) groups is 4. The van der Waals surface area contributed by atoms with E-state index in [4.69, 9.17) is 60.0 Å². The van der Waals surface area contributed by atoms with Gasteiger partial charge in [0.2, 0.25) is 24.6 Å². The van der Waals surface area contributed by atoms with Gasteiger partial charge in [0.1, 0.15) is 0 Å². The van der Waals surface area contributed by atoms with Crippen molar-refractivity contribution >= 4 is 70.7 Å². The predicted octanol–water partition coefficient (Wildman–Crippen LogP) is -6.04. The first kappa shape index (κ1) is 43.2. The Labute approximate surface area is 136 Å². The van der Waals surface area contributed by atoms with Gasteiger partial charge in [-0.2, -0.15) is 0 Å². The maximum absolute atomic E-state index is 8.44. The Balaban J connectivity index is -0.0000000192. The van der Waals surface area contributed by atoms with Crippen molar-refractivity contribution in [3.63, 3.8) is 0 Å². The third kappa shape index (κ3) is 1730. The zero-order valence-electron chi connectivity index (χ0n) is 8.97. The Hall–Kier alpha value is -1.43. The van der Waals surface area contributed by atoms with Gasteiger partial charge in [-0.25, -0.2) is 0 Å². The van der Waals surface area contributed by atoms with Gasteiger partial charge in [0.25, 0.3) is 0 Å². The smallest absolute Gasteiger partial charge is 0.565 e. The van der Waals surface area contributed by atoms with Gasteiger partial charge >= 0.3 is 46.1 Å². The average Bonchev–Trinajstić information content (AvgIpc) is 1.76. The zero-order chi connectivity index (χ0) is 14.3. The number of hydrogen-bond donors (Lipinski definition) is 4. The molecular formula is C4H6Mg2O13. The molecule has 0 aliphatic heterocycles. The van der Waals surface area contributed by atoms with E-state index >= 15 is 0 Å². The van der Waals surface area contributed by atoms with Crippen molar-refractivity contribution in [1.29, 1.82) is 0 Å². The van der Waals surface area contributed by atoms with Crippen molar-refractivity contribution in [2.24, 2.45) is 0 Å². The first-order valence-electron chi connectivity index (χ1n) is 2.53. The van der Waals surface area contributed by atoms with Crippen LogP contribution < -0.4 is 20.4 Å². The monoisotopic (exact) mass is 310 g/mol. The summed E-state index contributed by atoms with van der Waals surface area (Å²) in [4.78, 5) is 33.8. The van der Waals surface area contributed by atoms with Crippen molar-refractivity contribution in [2.75, 3.05) is 0 Å². The summed E-state index contributed by atoms with van der Waals surface area (Å²) in [6, 6.07) is 0. The molecule has 0 aliphatic carbocycles. The van der Waals surface area contributed by atoms with Crippen molar-refractivity contribution in [2.45, 2.75) is 0 Å². The molecule has 0 aliphatic rings. The van der Waals surface area contributed by atoms with Gasteiger partial charge in [0.05, 0.1) is 0 Å². The topological polar surface area (TPSA) is 273 Å². The van der Waals surface area contributed by atoms with Gasteiger partial charge < -0.3 is 65.5 Å². The maximum atomic E-state index is 8.44. The van der Waals surface area contributed by atoms with E-state index in [2.05, 4.69) is 0 Å². The number of hydrogen-bond acceptors (Lipinski definition) is 8. The van der Waals surface area contributed by atoms with Crippen molar-refractivity contribution in [1.82, 2.24) is 0 Å². The summed E-state index contributed by atoms with van der Waals surface area (Å²) >= 11 is 0. The maximum Gasteiger partial charge on any atom is 2.00 e. The van der Waals surface area contributed by atoms with E-state index in [0.717, 1.165) is 0 Å². The van der Waals surface area contributed by atoms with Crippen molar-refractivity contribution < 1.29 is 65.5 Å². The molecule has 0 spiro atoms. The van der Waals surface area contributed by atoms with E-state index in [1.807, 2.05) is 0 Å². The average molecular weight is 311 g/mol. The second-order valence-corrected chi connectivity index (χ2v) is 1.06. The largest absolute Gasteiger partial charge is 2.00 e.